The topological polar surface area (TPSA) is 105 Å². The Hall–Kier alpha value is -9.60. The van der Waals surface area contributed by atoms with Crippen LogP contribution in [-0.4, -0.2) is 28.7 Å². The summed E-state index contributed by atoms with van der Waals surface area (Å²) in [6, 6.07) is 70.2. The molecular formula is C60H36N6O3. The second kappa shape index (κ2) is 15.8. The van der Waals surface area contributed by atoms with Gasteiger partial charge in [0.1, 0.15) is 0 Å². The van der Waals surface area contributed by atoms with Crippen LogP contribution in [0.5, 0.6) is 0 Å². The van der Waals surface area contributed by atoms with Crippen LogP contribution < -0.4 is 16.3 Å². The number of hydrogen-bond acceptors (Lipinski definition) is 6. The molecule has 0 amide bonds. The molecule has 324 valence electrons. The second-order valence-electron chi connectivity index (χ2n) is 17.1. The zero-order valence-corrected chi connectivity index (χ0v) is 36.7. The van der Waals surface area contributed by atoms with Crippen LogP contribution in [0.3, 0.4) is 0 Å². The Morgan fingerprint density at radius 2 is 0.464 bits per heavy atom. The highest BCUT2D eigenvalue weighted by Crippen LogP contribution is 2.33. The van der Waals surface area contributed by atoms with Crippen molar-refractivity contribution in [3.05, 3.63) is 249 Å². The van der Waals surface area contributed by atoms with Crippen LogP contribution in [0.4, 0.5) is 0 Å². The van der Waals surface area contributed by atoms with E-state index in [9.17, 15) is 14.4 Å². The van der Waals surface area contributed by atoms with Gasteiger partial charge in [0.15, 0.2) is 33.8 Å². The first-order valence-electron chi connectivity index (χ1n) is 22.6. The molecule has 9 heteroatoms. The fraction of sp³-hybridized carbons (Fsp3) is 0. The summed E-state index contributed by atoms with van der Waals surface area (Å²) in [6.45, 7) is 0. The molecule has 4 heterocycles. The van der Waals surface area contributed by atoms with Gasteiger partial charge in [-0.3, -0.25) is 14.4 Å². The largest absolute Gasteiger partial charge is 0.309 e. The van der Waals surface area contributed by atoms with Gasteiger partial charge in [0.25, 0.3) is 0 Å². The van der Waals surface area contributed by atoms with E-state index in [4.69, 9.17) is 15.0 Å². The molecule has 9 aromatic carbocycles. The Bertz CT molecular complexity index is 3830. The highest BCUT2D eigenvalue weighted by molar-refractivity contribution is 5.98. The number of aromatic nitrogens is 6. The van der Waals surface area contributed by atoms with Gasteiger partial charge in [-0.25, -0.2) is 15.0 Å². The van der Waals surface area contributed by atoms with Gasteiger partial charge in [-0.1, -0.05) is 109 Å². The number of fused-ring (bicyclic) bond motifs is 6. The average Bonchev–Trinajstić information content (AvgIpc) is 3.41. The van der Waals surface area contributed by atoms with E-state index in [1.807, 2.05) is 200 Å². The third-order valence-corrected chi connectivity index (χ3v) is 13.1. The summed E-state index contributed by atoms with van der Waals surface area (Å²) in [5.41, 5.74) is 9.39. The molecule has 0 bridgehead atoms. The number of rotatable bonds is 6. The SMILES string of the molecule is O=c1c2ccccc2n(-c2cccc(-c3nc(-c4cccc(-n5c6ccccc6c(=O)c6ccccc65)c4)nc(-c4cccc(-n5c6ccccc6c(=O)c6ccccc65)c4)n3)c2)c2ccccc12. The molecule has 0 N–H and O–H groups in total. The molecule has 9 nitrogen and oxygen atoms in total. The number of nitrogens with zero attached hydrogens (tertiary/aromatic N) is 6. The van der Waals surface area contributed by atoms with Gasteiger partial charge in [0.05, 0.1) is 33.1 Å². The number of para-hydroxylation sites is 6. The van der Waals surface area contributed by atoms with Crippen LogP contribution >= 0.6 is 0 Å². The Morgan fingerprint density at radius 3 is 0.696 bits per heavy atom. The van der Waals surface area contributed by atoms with Crippen molar-refractivity contribution < 1.29 is 0 Å². The maximum Gasteiger partial charge on any atom is 0.197 e. The average molecular weight is 889 g/mol. The van der Waals surface area contributed by atoms with Crippen LogP contribution in [0.2, 0.25) is 0 Å². The minimum atomic E-state index is -0.0175. The van der Waals surface area contributed by atoms with Gasteiger partial charge in [0.2, 0.25) is 0 Å². The Labute approximate surface area is 392 Å². The van der Waals surface area contributed by atoms with Gasteiger partial charge < -0.3 is 13.7 Å². The van der Waals surface area contributed by atoms with Crippen LogP contribution in [0, 0.1) is 0 Å². The third-order valence-electron chi connectivity index (χ3n) is 13.1. The quantitative estimate of drug-likeness (QED) is 0.154. The van der Waals surface area contributed by atoms with E-state index >= 15 is 0 Å². The van der Waals surface area contributed by atoms with Gasteiger partial charge in [-0.15, -0.1) is 0 Å². The first-order valence-corrected chi connectivity index (χ1v) is 22.6. The van der Waals surface area contributed by atoms with Crippen molar-refractivity contribution >= 4 is 65.4 Å². The highest BCUT2D eigenvalue weighted by Gasteiger charge is 2.19. The van der Waals surface area contributed by atoms with E-state index in [0.717, 1.165) is 66.9 Å². The molecule has 69 heavy (non-hydrogen) atoms. The molecule has 0 aliphatic carbocycles. The minimum Gasteiger partial charge on any atom is -0.309 e. The van der Waals surface area contributed by atoms with Crippen molar-refractivity contribution in [3.8, 4) is 51.2 Å². The normalized spacial score (nSPS) is 11.7. The molecule has 0 fully saturated rings. The van der Waals surface area contributed by atoms with Crippen molar-refractivity contribution in [2.75, 3.05) is 0 Å². The molecule has 13 aromatic rings. The standard InChI is InChI=1S/C60H36N6O3/c67-55-43-22-1-7-28-49(43)64(50-29-8-2-23-44(50)55)40-19-13-16-37(34-40)58-61-59(38-17-14-20-41(35-38)65-51-30-9-3-24-45(51)56(68)46-25-4-10-31-52(46)65)63-60(62-58)39-18-15-21-42(36-39)66-53-32-11-5-26-47(53)57(69)48-27-6-12-33-54(48)66/h1-36H. The lowest BCUT2D eigenvalue weighted by Crippen LogP contribution is -2.10. The summed E-state index contributed by atoms with van der Waals surface area (Å²) in [4.78, 5) is 57.0. The monoisotopic (exact) mass is 888 g/mol. The molecule has 4 aromatic heterocycles. The second-order valence-corrected chi connectivity index (χ2v) is 17.1. The fourth-order valence-corrected chi connectivity index (χ4v) is 9.94. The Morgan fingerprint density at radius 1 is 0.246 bits per heavy atom. The van der Waals surface area contributed by atoms with Gasteiger partial charge in [-0.2, -0.15) is 0 Å². The van der Waals surface area contributed by atoms with E-state index in [2.05, 4.69) is 31.9 Å². The molecule has 0 saturated heterocycles. The molecule has 0 aliphatic rings. The first kappa shape index (κ1) is 39.7. The van der Waals surface area contributed by atoms with E-state index in [1.54, 1.807) is 0 Å². The van der Waals surface area contributed by atoms with Crippen LogP contribution in [0.15, 0.2) is 233 Å². The van der Waals surface area contributed by atoms with Crippen molar-refractivity contribution in [3.63, 3.8) is 0 Å². The number of benzene rings is 9. The number of hydrogen-bond donors (Lipinski definition) is 0. The highest BCUT2D eigenvalue weighted by atomic mass is 16.1. The lowest BCUT2D eigenvalue weighted by atomic mass is 10.1. The van der Waals surface area contributed by atoms with Crippen molar-refractivity contribution in [1.29, 1.82) is 0 Å². The third kappa shape index (κ3) is 6.40. The Balaban J connectivity index is 1.04. The van der Waals surface area contributed by atoms with Gasteiger partial charge in [-0.05, 0) is 109 Å². The van der Waals surface area contributed by atoms with E-state index in [1.165, 1.54) is 0 Å². The zero-order valence-electron chi connectivity index (χ0n) is 36.7. The smallest absolute Gasteiger partial charge is 0.197 e. The van der Waals surface area contributed by atoms with Gasteiger partial charge in [0, 0.05) is 66.1 Å². The van der Waals surface area contributed by atoms with Crippen LogP contribution in [-0.2, 0) is 0 Å². The summed E-state index contributed by atoms with van der Waals surface area (Å²) in [5.74, 6) is 1.34. The predicted octanol–water partition coefficient (Wildman–Crippen LogP) is 12.2. The summed E-state index contributed by atoms with van der Waals surface area (Å²) in [5, 5.41) is 3.74. The number of pyridine rings is 3. The lowest BCUT2D eigenvalue weighted by molar-refractivity contribution is 1.07. The van der Waals surface area contributed by atoms with Crippen molar-refractivity contribution in [1.82, 2.24) is 28.7 Å². The predicted molar refractivity (Wildman–Crippen MR) is 278 cm³/mol. The molecular weight excluding hydrogens is 853 g/mol. The summed E-state index contributed by atoms with van der Waals surface area (Å²) in [7, 11) is 0. The minimum absolute atomic E-state index is 0.0175. The summed E-state index contributed by atoms with van der Waals surface area (Å²) >= 11 is 0. The lowest BCUT2D eigenvalue weighted by Gasteiger charge is -2.17. The molecule has 0 radical (unpaired) electrons. The zero-order chi connectivity index (χ0) is 46.2. The van der Waals surface area contributed by atoms with E-state index < -0.39 is 0 Å². The van der Waals surface area contributed by atoms with Crippen molar-refractivity contribution in [2.45, 2.75) is 0 Å². The maximum absolute atomic E-state index is 13.8. The summed E-state index contributed by atoms with van der Waals surface area (Å²) in [6.07, 6.45) is 0. The Kier molecular flexibility index (Phi) is 9.09. The van der Waals surface area contributed by atoms with Gasteiger partial charge >= 0.3 is 0 Å². The first-order chi connectivity index (χ1) is 34.0. The molecule has 0 saturated carbocycles. The molecule has 0 aliphatic heterocycles. The molecule has 0 spiro atoms. The van der Waals surface area contributed by atoms with E-state index in [-0.39, 0.29) is 16.3 Å². The summed E-state index contributed by atoms with van der Waals surface area (Å²) < 4.78 is 6.34. The van der Waals surface area contributed by atoms with Crippen LogP contribution in [0.25, 0.3) is 117 Å². The van der Waals surface area contributed by atoms with E-state index in [0.29, 0.717) is 49.8 Å². The molecule has 0 atom stereocenters. The molecule has 13 rings (SSSR count). The fourth-order valence-electron chi connectivity index (χ4n) is 9.94. The maximum atomic E-state index is 13.8. The molecule has 0 unspecified atom stereocenters. The van der Waals surface area contributed by atoms with Crippen molar-refractivity contribution in [2.24, 2.45) is 0 Å². The van der Waals surface area contributed by atoms with Crippen LogP contribution in [0.1, 0.15) is 0 Å².